The molecule has 64 valence electrons. The van der Waals surface area contributed by atoms with E-state index in [-0.39, 0.29) is 0 Å². The van der Waals surface area contributed by atoms with Gasteiger partial charge in [-0.25, -0.2) is 0 Å². The van der Waals surface area contributed by atoms with Gasteiger partial charge in [0, 0.05) is 12.1 Å². The van der Waals surface area contributed by atoms with E-state index in [4.69, 9.17) is 5.73 Å². The van der Waals surface area contributed by atoms with E-state index < -0.39 is 0 Å². The third-order valence-electron chi connectivity index (χ3n) is 2.23. The summed E-state index contributed by atoms with van der Waals surface area (Å²) in [5.74, 6) is 0.437. The molecule has 11 heavy (non-hydrogen) atoms. The van der Waals surface area contributed by atoms with Crippen LogP contribution in [-0.4, -0.2) is 5.11 Å². The van der Waals surface area contributed by atoms with Crippen LogP contribution in [0.1, 0.15) is 44.9 Å². The second-order valence-corrected chi connectivity index (χ2v) is 3.24. The second-order valence-electron chi connectivity index (χ2n) is 3.24. The molecule has 0 radical (unpaired) electrons. The molecule has 0 bridgehead atoms. The Morgan fingerprint density at radius 2 is 1.45 bits per heavy atom. The number of rotatable bonds is 0. The Kier molecular flexibility index (Phi) is 3.27. The number of hydrogen-bond acceptors (Lipinski definition) is 2. The third-order valence-corrected chi connectivity index (χ3v) is 2.23. The predicted octanol–water partition coefficient (Wildman–Crippen LogP) is 2.46. The Labute approximate surface area is 68.1 Å². The van der Waals surface area contributed by atoms with Crippen molar-refractivity contribution in [2.45, 2.75) is 44.9 Å². The molecule has 1 aliphatic carbocycles. The first-order chi connectivity index (χ1) is 5.30. The zero-order valence-corrected chi connectivity index (χ0v) is 6.97. The molecule has 0 amide bonds. The van der Waals surface area contributed by atoms with Gasteiger partial charge in [0.2, 0.25) is 0 Å². The lowest BCUT2D eigenvalue weighted by atomic mass is 10.1. The topological polar surface area (TPSA) is 46.2 Å². The van der Waals surface area contributed by atoms with E-state index in [9.17, 15) is 5.11 Å². The minimum absolute atomic E-state index is 0.437. The molecule has 0 unspecified atom stereocenters. The number of aliphatic hydroxyl groups is 1. The SMILES string of the molecule is N/C1=C(\O)CCCCCCC1. The van der Waals surface area contributed by atoms with E-state index in [1.165, 1.54) is 19.3 Å². The van der Waals surface area contributed by atoms with E-state index in [1.807, 2.05) is 0 Å². The Bertz CT molecular complexity index is 136. The van der Waals surface area contributed by atoms with Crippen LogP contribution in [0.4, 0.5) is 0 Å². The van der Waals surface area contributed by atoms with Crippen molar-refractivity contribution in [2.75, 3.05) is 0 Å². The number of nitrogens with two attached hydrogens (primary N) is 1. The van der Waals surface area contributed by atoms with E-state index >= 15 is 0 Å². The van der Waals surface area contributed by atoms with Crippen LogP contribution < -0.4 is 5.73 Å². The average Bonchev–Trinajstić information content (AvgIpc) is 2.07. The lowest BCUT2D eigenvalue weighted by molar-refractivity contribution is 0.373. The van der Waals surface area contributed by atoms with Crippen LogP contribution in [0.5, 0.6) is 0 Å². The fraction of sp³-hybridized carbons (Fsp3) is 0.778. The number of hydrogen-bond donors (Lipinski definition) is 2. The molecular weight excluding hydrogens is 138 g/mol. The van der Waals surface area contributed by atoms with Crippen LogP contribution in [0.15, 0.2) is 11.5 Å². The van der Waals surface area contributed by atoms with Crippen molar-refractivity contribution >= 4 is 0 Å². The molecule has 0 spiro atoms. The summed E-state index contributed by atoms with van der Waals surface area (Å²) in [6.45, 7) is 0. The van der Waals surface area contributed by atoms with Crippen LogP contribution in [0.2, 0.25) is 0 Å². The predicted molar refractivity (Wildman–Crippen MR) is 46.2 cm³/mol. The molecule has 1 aliphatic rings. The minimum atomic E-state index is 0.437. The highest BCUT2D eigenvalue weighted by atomic mass is 16.3. The van der Waals surface area contributed by atoms with E-state index in [1.54, 1.807) is 0 Å². The average molecular weight is 155 g/mol. The zero-order valence-electron chi connectivity index (χ0n) is 6.97. The van der Waals surface area contributed by atoms with Crippen LogP contribution in [0, 0.1) is 0 Å². The normalized spacial score (nSPS) is 28.7. The van der Waals surface area contributed by atoms with Gasteiger partial charge in [0.25, 0.3) is 0 Å². The van der Waals surface area contributed by atoms with Gasteiger partial charge >= 0.3 is 0 Å². The summed E-state index contributed by atoms with van der Waals surface area (Å²) in [6, 6.07) is 0. The van der Waals surface area contributed by atoms with E-state index in [2.05, 4.69) is 0 Å². The molecule has 1 rings (SSSR count). The first kappa shape index (κ1) is 8.44. The van der Waals surface area contributed by atoms with Gasteiger partial charge in [0.05, 0.1) is 0 Å². The van der Waals surface area contributed by atoms with Crippen molar-refractivity contribution in [3.8, 4) is 0 Å². The Balaban J connectivity index is 2.47. The smallest absolute Gasteiger partial charge is 0.111 e. The first-order valence-electron chi connectivity index (χ1n) is 4.47. The Morgan fingerprint density at radius 3 is 2.18 bits per heavy atom. The highest BCUT2D eigenvalue weighted by Gasteiger charge is 2.04. The molecule has 0 aromatic heterocycles. The summed E-state index contributed by atoms with van der Waals surface area (Å²) in [5.41, 5.74) is 6.36. The lowest BCUT2D eigenvalue weighted by Gasteiger charge is -2.02. The van der Waals surface area contributed by atoms with Crippen molar-refractivity contribution < 1.29 is 5.11 Å². The molecule has 0 heterocycles. The molecule has 0 aromatic rings. The molecule has 0 saturated carbocycles. The minimum Gasteiger partial charge on any atom is -0.511 e. The van der Waals surface area contributed by atoms with Gasteiger partial charge in [0.1, 0.15) is 5.76 Å². The van der Waals surface area contributed by atoms with Crippen LogP contribution in [0.25, 0.3) is 0 Å². The van der Waals surface area contributed by atoms with Crippen molar-refractivity contribution in [3.63, 3.8) is 0 Å². The summed E-state index contributed by atoms with van der Waals surface area (Å²) in [7, 11) is 0. The molecule has 0 atom stereocenters. The Morgan fingerprint density at radius 1 is 0.909 bits per heavy atom. The van der Waals surface area contributed by atoms with E-state index in [0.717, 1.165) is 25.7 Å². The van der Waals surface area contributed by atoms with Gasteiger partial charge in [-0.05, 0) is 19.3 Å². The third kappa shape index (κ3) is 2.83. The van der Waals surface area contributed by atoms with Gasteiger partial charge in [-0.3, -0.25) is 0 Å². The van der Waals surface area contributed by atoms with Gasteiger partial charge in [-0.15, -0.1) is 0 Å². The van der Waals surface area contributed by atoms with Crippen LogP contribution in [-0.2, 0) is 0 Å². The van der Waals surface area contributed by atoms with Gasteiger partial charge in [-0.1, -0.05) is 19.3 Å². The van der Waals surface area contributed by atoms with Gasteiger partial charge < -0.3 is 10.8 Å². The zero-order chi connectivity index (χ0) is 8.10. The second kappa shape index (κ2) is 4.27. The maximum Gasteiger partial charge on any atom is 0.111 e. The number of aliphatic hydroxyl groups excluding tert-OH is 1. The quantitative estimate of drug-likeness (QED) is 0.564. The molecule has 0 aliphatic heterocycles. The molecular formula is C9H17NO. The maximum absolute atomic E-state index is 9.36. The van der Waals surface area contributed by atoms with Crippen LogP contribution >= 0.6 is 0 Å². The summed E-state index contributed by atoms with van der Waals surface area (Å²) in [4.78, 5) is 0. The van der Waals surface area contributed by atoms with Crippen LogP contribution in [0.3, 0.4) is 0 Å². The number of allylic oxidation sites excluding steroid dienone is 2. The highest BCUT2D eigenvalue weighted by Crippen LogP contribution is 2.17. The summed E-state index contributed by atoms with van der Waals surface area (Å²) in [5, 5.41) is 9.36. The lowest BCUT2D eigenvalue weighted by Crippen LogP contribution is -2.01. The Hall–Kier alpha value is -0.660. The summed E-state index contributed by atoms with van der Waals surface area (Å²) < 4.78 is 0. The largest absolute Gasteiger partial charge is 0.511 e. The van der Waals surface area contributed by atoms with Crippen molar-refractivity contribution in [1.29, 1.82) is 0 Å². The molecule has 0 aromatic carbocycles. The molecule has 2 nitrogen and oxygen atoms in total. The monoisotopic (exact) mass is 155 g/mol. The fourth-order valence-electron chi connectivity index (χ4n) is 1.44. The van der Waals surface area contributed by atoms with Crippen molar-refractivity contribution in [1.82, 2.24) is 0 Å². The van der Waals surface area contributed by atoms with Crippen molar-refractivity contribution in [2.24, 2.45) is 5.73 Å². The fourth-order valence-corrected chi connectivity index (χ4v) is 1.44. The highest BCUT2D eigenvalue weighted by molar-refractivity contribution is 5.03. The summed E-state index contributed by atoms with van der Waals surface area (Å²) >= 11 is 0. The first-order valence-corrected chi connectivity index (χ1v) is 4.47. The standard InChI is InChI=1S/C9H17NO/c10-8-6-4-2-1-3-5-7-9(8)11/h11H,1-7,10H2/b9-8-. The van der Waals surface area contributed by atoms with Gasteiger partial charge in [0.15, 0.2) is 0 Å². The molecule has 3 N–H and O–H groups in total. The molecule has 0 fully saturated rings. The van der Waals surface area contributed by atoms with Crippen molar-refractivity contribution in [3.05, 3.63) is 11.5 Å². The van der Waals surface area contributed by atoms with E-state index in [0.29, 0.717) is 11.5 Å². The summed E-state index contributed by atoms with van der Waals surface area (Å²) in [6.07, 6.45) is 7.67. The van der Waals surface area contributed by atoms with Gasteiger partial charge in [-0.2, -0.15) is 0 Å². The molecule has 0 saturated heterocycles. The maximum atomic E-state index is 9.36. The molecule has 2 heteroatoms.